The number of benzene rings is 2. The van der Waals surface area contributed by atoms with Crippen LogP contribution in [0.2, 0.25) is 5.02 Å². The molecule has 1 saturated carbocycles. The van der Waals surface area contributed by atoms with Gasteiger partial charge >= 0.3 is 0 Å². The fourth-order valence-electron chi connectivity index (χ4n) is 5.96. The van der Waals surface area contributed by atoms with Gasteiger partial charge in [0.15, 0.2) is 5.88 Å². The third kappa shape index (κ3) is 3.52. The Morgan fingerprint density at radius 1 is 1.10 bits per heavy atom. The molecular weight excluding hydrogens is 516 g/mol. The number of imidazole rings is 1. The van der Waals surface area contributed by atoms with E-state index in [9.17, 15) is 4.79 Å². The Morgan fingerprint density at radius 3 is 2.90 bits per heavy atom. The molecule has 2 aliphatic heterocycles. The molecule has 0 radical (unpaired) electrons. The van der Waals surface area contributed by atoms with Gasteiger partial charge in [-0.3, -0.25) is 4.79 Å². The number of ether oxygens (including phenoxy) is 1. The summed E-state index contributed by atoms with van der Waals surface area (Å²) in [7, 11) is 0. The number of pyridine rings is 1. The molecule has 3 atom stereocenters. The summed E-state index contributed by atoms with van der Waals surface area (Å²) in [5.74, 6) is 1.99. The average Bonchev–Trinajstić information content (AvgIpc) is 3.28. The lowest BCUT2D eigenvalue weighted by atomic mass is 10.0. The molecule has 5 heterocycles. The Labute approximate surface area is 226 Å². The second-order valence-corrected chi connectivity index (χ2v) is 10.6. The molecule has 192 valence electrons. The predicted molar refractivity (Wildman–Crippen MR) is 144 cm³/mol. The van der Waals surface area contributed by atoms with E-state index in [-0.39, 0.29) is 11.6 Å². The number of H-pyrrole nitrogens is 1. The first-order chi connectivity index (χ1) is 19.0. The zero-order valence-electron chi connectivity index (χ0n) is 20.5. The van der Waals surface area contributed by atoms with Gasteiger partial charge < -0.3 is 19.6 Å². The SMILES string of the molecule is C=C1Nc2ccc(-c3cnc(C4C5CC5c5cc(-c6cc(Cl)ccc6-n6cnnn6)cc(=O)n54)[nH]3)cc2CO1. The maximum Gasteiger partial charge on any atom is 0.252 e. The van der Waals surface area contributed by atoms with Crippen LogP contribution in [0.1, 0.15) is 35.5 Å². The van der Waals surface area contributed by atoms with Gasteiger partial charge in [0.05, 0.1) is 23.6 Å². The van der Waals surface area contributed by atoms with Crippen LogP contribution in [0.4, 0.5) is 5.69 Å². The molecule has 0 saturated heterocycles. The minimum atomic E-state index is -0.135. The molecule has 0 amide bonds. The van der Waals surface area contributed by atoms with Gasteiger partial charge in [0, 0.05) is 45.1 Å². The number of hydrogen-bond donors (Lipinski definition) is 2. The average molecular weight is 537 g/mol. The summed E-state index contributed by atoms with van der Waals surface area (Å²) < 4.78 is 9.01. The number of rotatable bonds is 4. The van der Waals surface area contributed by atoms with Gasteiger partial charge in [0.25, 0.3) is 5.56 Å². The number of nitrogens with zero attached hydrogens (tertiary/aromatic N) is 6. The van der Waals surface area contributed by atoms with Crippen LogP contribution < -0.4 is 10.9 Å². The van der Waals surface area contributed by atoms with Gasteiger partial charge in [-0.2, -0.15) is 4.68 Å². The van der Waals surface area contributed by atoms with Crippen molar-refractivity contribution in [2.75, 3.05) is 5.32 Å². The van der Waals surface area contributed by atoms with E-state index in [4.69, 9.17) is 21.3 Å². The minimum absolute atomic E-state index is 0.0717. The molecule has 10 nitrogen and oxygen atoms in total. The van der Waals surface area contributed by atoms with E-state index in [0.29, 0.717) is 29.3 Å². The molecule has 0 bridgehead atoms. The summed E-state index contributed by atoms with van der Waals surface area (Å²) in [6.45, 7) is 4.30. The molecule has 1 fully saturated rings. The maximum absolute atomic E-state index is 13.6. The van der Waals surface area contributed by atoms with Crippen molar-refractivity contribution in [1.82, 2.24) is 34.7 Å². The number of anilines is 1. The molecule has 3 aromatic heterocycles. The highest BCUT2D eigenvalue weighted by atomic mass is 35.5. The van der Waals surface area contributed by atoms with Crippen LogP contribution in [0.25, 0.3) is 28.1 Å². The van der Waals surface area contributed by atoms with Crippen molar-refractivity contribution in [2.24, 2.45) is 5.92 Å². The van der Waals surface area contributed by atoms with Crippen LogP contribution in [-0.2, 0) is 11.3 Å². The van der Waals surface area contributed by atoms with Gasteiger partial charge in [-0.1, -0.05) is 17.7 Å². The first-order valence-electron chi connectivity index (χ1n) is 12.6. The molecule has 1 aliphatic carbocycles. The van der Waals surface area contributed by atoms with Crippen molar-refractivity contribution in [3.05, 3.63) is 106 Å². The number of fused-ring (bicyclic) bond motifs is 4. The topological polar surface area (TPSA) is 116 Å². The van der Waals surface area contributed by atoms with E-state index in [2.05, 4.69) is 44.5 Å². The van der Waals surface area contributed by atoms with Gasteiger partial charge in [-0.15, -0.1) is 5.10 Å². The number of aromatic nitrogens is 7. The summed E-state index contributed by atoms with van der Waals surface area (Å²) >= 11 is 6.35. The number of tetrazole rings is 1. The van der Waals surface area contributed by atoms with E-state index in [0.717, 1.165) is 57.3 Å². The second-order valence-electron chi connectivity index (χ2n) is 10.1. The highest BCUT2D eigenvalue weighted by Crippen LogP contribution is 2.60. The van der Waals surface area contributed by atoms with Crippen molar-refractivity contribution in [3.63, 3.8) is 0 Å². The van der Waals surface area contributed by atoms with Crippen LogP contribution in [-0.4, -0.2) is 34.7 Å². The Hall–Kier alpha value is -4.70. The molecule has 8 rings (SSSR count). The van der Waals surface area contributed by atoms with Gasteiger partial charge in [-0.25, -0.2) is 4.98 Å². The Kier molecular flexibility index (Phi) is 4.66. The van der Waals surface area contributed by atoms with Gasteiger partial charge in [-0.05, 0) is 71.3 Å². The van der Waals surface area contributed by atoms with Crippen LogP contribution in [0.3, 0.4) is 0 Å². The summed E-state index contributed by atoms with van der Waals surface area (Å²) in [5, 5.41) is 15.3. The van der Waals surface area contributed by atoms with E-state index >= 15 is 0 Å². The van der Waals surface area contributed by atoms with E-state index in [1.165, 1.54) is 6.33 Å². The summed E-state index contributed by atoms with van der Waals surface area (Å²) in [6, 6.07) is 15.2. The molecule has 2 N–H and O–H groups in total. The van der Waals surface area contributed by atoms with Crippen LogP contribution in [0, 0.1) is 5.92 Å². The fourth-order valence-corrected chi connectivity index (χ4v) is 6.13. The van der Waals surface area contributed by atoms with Gasteiger partial charge in [0.1, 0.15) is 18.8 Å². The third-order valence-corrected chi connectivity index (χ3v) is 8.07. The first kappa shape index (κ1) is 22.3. The van der Waals surface area contributed by atoms with Gasteiger partial charge in [0.2, 0.25) is 0 Å². The Balaban J connectivity index is 1.17. The lowest BCUT2D eigenvalue weighted by Gasteiger charge is -2.21. The van der Waals surface area contributed by atoms with Crippen molar-refractivity contribution < 1.29 is 4.74 Å². The standard InChI is InChI=1S/C28H21ClN8O2/c1-14-32-22-4-2-15(6-17(22)12-39-14)23-11-30-28(33-23)27-21-10-20(21)25-7-16(8-26(38)37(25)27)19-9-18(29)3-5-24(19)36-13-31-34-35-36/h2-9,11,13,20-21,27,32H,1,10,12H2,(H,30,33). The maximum atomic E-state index is 13.6. The highest BCUT2D eigenvalue weighted by molar-refractivity contribution is 6.31. The molecule has 5 aromatic rings. The summed E-state index contributed by atoms with van der Waals surface area (Å²) in [4.78, 5) is 21.9. The molecule has 3 aliphatic rings. The summed E-state index contributed by atoms with van der Waals surface area (Å²) in [6.07, 6.45) is 4.38. The normalized spacial score (nSPS) is 20.5. The Morgan fingerprint density at radius 2 is 2.03 bits per heavy atom. The molecule has 2 aromatic carbocycles. The molecule has 11 heteroatoms. The monoisotopic (exact) mass is 536 g/mol. The summed E-state index contributed by atoms with van der Waals surface area (Å²) in [5.41, 5.74) is 7.24. The predicted octanol–water partition coefficient (Wildman–Crippen LogP) is 4.65. The van der Waals surface area contributed by atoms with Crippen LogP contribution >= 0.6 is 11.6 Å². The number of nitrogens with one attached hydrogen (secondary N) is 2. The highest BCUT2D eigenvalue weighted by Gasteiger charge is 2.54. The zero-order valence-corrected chi connectivity index (χ0v) is 21.3. The van der Waals surface area contributed by atoms with Crippen molar-refractivity contribution in [3.8, 4) is 28.1 Å². The minimum Gasteiger partial charge on any atom is -0.475 e. The zero-order chi connectivity index (χ0) is 26.2. The molecule has 39 heavy (non-hydrogen) atoms. The van der Waals surface area contributed by atoms with E-state index in [1.54, 1.807) is 16.8 Å². The van der Waals surface area contributed by atoms with E-state index < -0.39 is 0 Å². The quantitative estimate of drug-likeness (QED) is 0.343. The van der Waals surface area contributed by atoms with E-state index in [1.807, 2.05) is 35.0 Å². The number of halogens is 1. The smallest absolute Gasteiger partial charge is 0.252 e. The van der Waals surface area contributed by atoms with Crippen LogP contribution in [0.5, 0.6) is 0 Å². The molecule has 0 spiro atoms. The van der Waals surface area contributed by atoms with Crippen LogP contribution in [0.15, 0.2) is 78.3 Å². The number of aromatic amines is 1. The molecular formula is C28H21ClN8O2. The lowest BCUT2D eigenvalue weighted by Crippen LogP contribution is -2.26. The lowest BCUT2D eigenvalue weighted by molar-refractivity contribution is 0.198. The second kappa shape index (κ2) is 8.15. The van der Waals surface area contributed by atoms with Crippen molar-refractivity contribution in [2.45, 2.75) is 25.0 Å². The first-order valence-corrected chi connectivity index (χ1v) is 13.0. The molecule has 3 unspecified atom stereocenters. The number of hydrogen-bond acceptors (Lipinski definition) is 7. The third-order valence-electron chi connectivity index (χ3n) is 7.83. The van der Waals surface area contributed by atoms with Crippen molar-refractivity contribution >= 4 is 17.3 Å². The Bertz CT molecular complexity index is 1860. The fraction of sp³-hybridized carbons (Fsp3) is 0.179. The largest absolute Gasteiger partial charge is 0.475 e. The van der Waals surface area contributed by atoms with Crippen molar-refractivity contribution in [1.29, 1.82) is 0 Å².